The second-order valence-electron chi connectivity index (χ2n) is 6.74. The molecule has 3 aromatic rings. The van der Waals surface area contributed by atoms with Crippen LogP contribution in [0, 0.1) is 13.8 Å². The van der Waals surface area contributed by atoms with Gasteiger partial charge in [0.05, 0.1) is 34.8 Å². The number of nitrogens with zero attached hydrogens (tertiary/aromatic N) is 6. The Balaban J connectivity index is 1.61. The van der Waals surface area contributed by atoms with Gasteiger partial charge in [-0.25, -0.2) is 0 Å². The lowest BCUT2D eigenvalue weighted by atomic mass is 10.3. The highest BCUT2D eigenvalue weighted by atomic mass is 79.9. The van der Waals surface area contributed by atoms with E-state index in [-0.39, 0.29) is 23.9 Å². The minimum Gasteiger partial charge on any atom is -0.346 e. The molecule has 0 radical (unpaired) electrons. The fourth-order valence-corrected chi connectivity index (χ4v) is 3.22. The maximum atomic E-state index is 12.6. The summed E-state index contributed by atoms with van der Waals surface area (Å²) in [7, 11) is 3.47. The molecular weight excluding hydrogens is 440 g/mol. The van der Waals surface area contributed by atoms with Gasteiger partial charge < -0.3 is 10.6 Å². The number of hydrogen-bond acceptors (Lipinski definition) is 5. The van der Waals surface area contributed by atoms with Crippen molar-refractivity contribution in [1.29, 1.82) is 0 Å². The number of amides is 2. The molecular formula is C18H23BrN8O2. The molecule has 0 atom stereocenters. The monoisotopic (exact) mass is 462 g/mol. The summed E-state index contributed by atoms with van der Waals surface area (Å²) in [6, 6.07) is 0. The van der Waals surface area contributed by atoms with Gasteiger partial charge in [0.2, 0.25) is 5.91 Å². The molecule has 0 unspecified atom stereocenters. The molecule has 11 heteroatoms. The first kappa shape index (κ1) is 20.8. The lowest BCUT2D eigenvalue weighted by Gasteiger charge is -2.09. The van der Waals surface area contributed by atoms with E-state index in [2.05, 4.69) is 41.9 Å². The van der Waals surface area contributed by atoms with Gasteiger partial charge in [0, 0.05) is 44.5 Å². The summed E-state index contributed by atoms with van der Waals surface area (Å²) in [5.74, 6) is -0.547. The van der Waals surface area contributed by atoms with Crippen molar-refractivity contribution in [1.82, 2.24) is 34.7 Å². The van der Waals surface area contributed by atoms with Crippen LogP contribution in [0.15, 0.2) is 23.1 Å². The van der Waals surface area contributed by atoms with E-state index in [1.54, 1.807) is 22.6 Å². The Morgan fingerprint density at radius 1 is 1.17 bits per heavy atom. The highest BCUT2D eigenvalue weighted by Crippen LogP contribution is 2.20. The van der Waals surface area contributed by atoms with Crippen molar-refractivity contribution < 1.29 is 9.59 Å². The van der Waals surface area contributed by atoms with Gasteiger partial charge in [-0.05, 0) is 29.8 Å². The number of carbonyl (C=O) groups is 2. The Hall–Kier alpha value is -2.95. The van der Waals surface area contributed by atoms with Crippen LogP contribution in [0.4, 0.5) is 5.69 Å². The van der Waals surface area contributed by atoms with Crippen molar-refractivity contribution >= 4 is 33.4 Å². The Bertz CT molecular complexity index is 1050. The van der Waals surface area contributed by atoms with E-state index < -0.39 is 0 Å². The van der Waals surface area contributed by atoms with Crippen LogP contribution in [0.1, 0.15) is 33.9 Å². The van der Waals surface area contributed by atoms with Crippen molar-refractivity contribution in [3.63, 3.8) is 0 Å². The van der Waals surface area contributed by atoms with Crippen LogP contribution in [0.2, 0.25) is 0 Å². The zero-order valence-corrected chi connectivity index (χ0v) is 18.3. The number of anilines is 1. The number of halogens is 1. The number of rotatable bonds is 7. The van der Waals surface area contributed by atoms with E-state index >= 15 is 0 Å². The van der Waals surface area contributed by atoms with E-state index in [1.165, 1.54) is 10.9 Å². The van der Waals surface area contributed by atoms with Crippen LogP contribution >= 0.6 is 15.9 Å². The molecule has 0 saturated heterocycles. The van der Waals surface area contributed by atoms with Gasteiger partial charge in [0.15, 0.2) is 0 Å². The summed E-state index contributed by atoms with van der Waals surface area (Å²) < 4.78 is 5.83. The number of aromatic nitrogens is 6. The molecule has 0 aromatic carbocycles. The number of hydrogen-bond donors (Lipinski definition) is 2. The zero-order valence-electron chi connectivity index (χ0n) is 16.7. The third-order valence-corrected chi connectivity index (χ3v) is 5.63. The van der Waals surface area contributed by atoms with Gasteiger partial charge in [-0.1, -0.05) is 0 Å². The Labute approximate surface area is 176 Å². The summed E-state index contributed by atoms with van der Waals surface area (Å²) in [4.78, 5) is 25.0. The van der Waals surface area contributed by atoms with Crippen molar-refractivity contribution in [3.05, 3.63) is 45.7 Å². The molecule has 0 aliphatic heterocycles. The molecule has 3 aromatic heterocycles. The normalized spacial score (nSPS) is 10.9. The van der Waals surface area contributed by atoms with Gasteiger partial charge >= 0.3 is 0 Å². The Morgan fingerprint density at radius 2 is 1.93 bits per heavy atom. The molecule has 154 valence electrons. The first-order valence-electron chi connectivity index (χ1n) is 9.03. The van der Waals surface area contributed by atoms with E-state index in [0.29, 0.717) is 18.8 Å². The fourth-order valence-electron chi connectivity index (χ4n) is 2.94. The van der Waals surface area contributed by atoms with E-state index in [0.717, 1.165) is 21.4 Å². The second-order valence-corrected chi connectivity index (χ2v) is 7.53. The predicted molar refractivity (Wildman–Crippen MR) is 110 cm³/mol. The quantitative estimate of drug-likeness (QED) is 0.554. The summed E-state index contributed by atoms with van der Waals surface area (Å²) in [6.45, 7) is 4.61. The smallest absolute Gasteiger partial charge is 0.271 e. The van der Waals surface area contributed by atoms with E-state index in [4.69, 9.17) is 0 Å². The average molecular weight is 463 g/mol. The lowest BCUT2D eigenvalue weighted by molar-refractivity contribution is -0.116. The molecule has 0 aliphatic rings. The van der Waals surface area contributed by atoms with Gasteiger partial charge in [-0.2, -0.15) is 15.3 Å². The molecule has 3 heterocycles. The maximum Gasteiger partial charge on any atom is 0.271 e. The second kappa shape index (κ2) is 8.60. The molecule has 2 amide bonds. The van der Waals surface area contributed by atoms with Crippen LogP contribution in [-0.4, -0.2) is 41.2 Å². The van der Waals surface area contributed by atoms with Crippen LogP contribution < -0.4 is 10.6 Å². The van der Waals surface area contributed by atoms with Gasteiger partial charge in [0.25, 0.3) is 5.91 Å². The average Bonchev–Trinajstić information content (AvgIpc) is 3.33. The van der Waals surface area contributed by atoms with E-state index in [1.807, 2.05) is 27.1 Å². The standard InChI is InChI=1S/C18H23BrN8O2/c1-11-16(19)12(2)27(24-11)6-5-15(28)23-14-9-22-26(4)17(14)18(29)20-7-13-8-21-25(3)10-13/h8-10H,5-7H2,1-4H3,(H,20,29)(H,23,28). The molecule has 0 fully saturated rings. The fraction of sp³-hybridized carbons (Fsp3) is 0.389. The molecule has 29 heavy (non-hydrogen) atoms. The first-order chi connectivity index (χ1) is 13.8. The van der Waals surface area contributed by atoms with Crippen LogP contribution in [0.5, 0.6) is 0 Å². The third kappa shape index (κ3) is 4.73. The predicted octanol–water partition coefficient (Wildman–Crippen LogP) is 1.69. The van der Waals surface area contributed by atoms with Crippen molar-refractivity contribution in [2.24, 2.45) is 14.1 Å². The number of carbonyl (C=O) groups excluding carboxylic acids is 2. The summed E-state index contributed by atoms with van der Waals surface area (Å²) in [5, 5.41) is 18.2. The Kier molecular flexibility index (Phi) is 6.16. The van der Waals surface area contributed by atoms with Gasteiger partial charge in [-0.15, -0.1) is 0 Å². The first-order valence-corrected chi connectivity index (χ1v) is 9.82. The van der Waals surface area contributed by atoms with E-state index in [9.17, 15) is 9.59 Å². The Morgan fingerprint density at radius 3 is 2.55 bits per heavy atom. The van der Waals surface area contributed by atoms with Crippen LogP contribution in [0.25, 0.3) is 0 Å². The number of aryl methyl sites for hydroxylation is 4. The van der Waals surface area contributed by atoms with Gasteiger partial charge in [0.1, 0.15) is 5.69 Å². The summed E-state index contributed by atoms with van der Waals surface area (Å²) in [6.07, 6.45) is 5.20. The largest absolute Gasteiger partial charge is 0.346 e. The molecule has 0 bridgehead atoms. The SMILES string of the molecule is Cc1nn(CCC(=O)Nc2cnn(C)c2C(=O)NCc2cnn(C)c2)c(C)c1Br. The lowest BCUT2D eigenvalue weighted by Crippen LogP contribution is -2.27. The molecule has 0 spiro atoms. The third-order valence-electron chi connectivity index (χ3n) is 4.48. The van der Waals surface area contributed by atoms with Crippen LogP contribution in [-0.2, 0) is 32.0 Å². The molecule has 10 nitrogen and oxygen atoms in total. The van der Waals surface area contributed by atoms with Crippen LogP contribution in [0.3, 0.4) is 0 Å². The van der Waals surface area contributed by atoms with Gasteiger partial charge in [-0.3, -0.25) is 23.6 Å². The summed E-state index contributed by atoms with van der Waals surface area (Å²) >= 11 is 3.48. The number of nitrogens with one attached hydrogen (secondary N) is 2. The highest BCUT2D eigenvalue weighted by Gasteiger charge is 2.19. The van der Waals surface area contributed by atoms with Crippen molar-refractivity contribution in [2.45, 2.75) is 33.4 Å². The zero-order chi connectivity index (χ0) is 21.1. The highest BCUT2D eigenvalue weighted by molar-refractivity contribution is 9.10. The molecule has 0 saturated carbocycles. The topological polar surface area (TPSA) is 112 Å². The molecule has 3 rings (SSSR count). The van der Waals surface area contributed by atoms with Crippen molar-refractivity contribution in [2.75, 3.05) is 5.32 Å². The van der Waals surface area contributed by atoms with Crippen molar-refractivity contribution in [3.8, 4) is 0 Å². The maximum absolute atomic E-state index is 12.6. The molecule has 0 aliphatic carbocycles. The molecule has 2 N–H and O–H groups in total. The summed E-state index contributed by atoms with van der Waals surface area (Å²) in [5.41, 5.74) is 3.38. The minimum atomic E-state index is -0.327. The minimum absolute atomic E-state index is 0.219.